The molecule has 0 heterocycles. The molecule has 1 aromatic carbocycles. The molecule has 0 bridgehead atoms. The third-order valence-corrected chi connectivity index (χ3v) is 4.05. The Hall–Kier alpha value is -2.81. The second-order valence-electron chi connectivity index (χ2n) is 8.00. The number of ether oxygens (including phenoxy) is 2. The fourth-order valence-corrected chi connectivity index (χ4v) is 2.65. The van der Waals surface area contributed by atoms with E-state index in [9.17, 15) is 14.4 Å². The molecule has 0 saturated carbocycles. The number of carbonyl (C=O) groups is 3. The lowest BCUT2D eigenvalue weighted by Gasteiger charge is -2.26. The van der Waals surface area contributed by atoms with E-state index in [1.807, 2.05) is 30.3 Å². The van der Waals surface area contributed by atoms with Gasteiger partial charge in [-0.1, -0.05) is 30.3 Å². The van der Waals surface area contributed by atoms with Crippen molar-refractivity contribution in [2.45, 2.75) is 70.7 Å². The predicted molar refractivity (Wildman–Crippen MR) is 112 cm³/mol. The largest absolute Gasteiger partial charge is 0.481 e. The minimum atomic E-state index is -1.04. The van der Waals surface area contributed by atoms with Crippen LogP contribution in [0.15, 0.2) is 30.3 Å². The number of hydrogen-bond donors (Lipinski definition) is 4. The van der Waals surface area contributed by atoms with Gasteiger partial charge in [-0.25, -0.2) is 9.59 Å². The number of carbonyl (C=O) groups excluding carboxylic acids is 2. The summed E-state index contributed by atoms with van der Waals surface area (Å²) >= 11 is 0. The summed E-state index contributed by atoms with van der Waals surface area (Å²) in [5.74, 6) is -1.04. The van der Waals surface area contributed by atoms with Crippen LogP contribution in [0.4, 0.5) is 9.59 Å². The van der Waals surface area contributed by atoms with Crippen LogP contribution < -0.4 is 16.4 Å². The molecule has 0 fully saturated rings. The zero-order valence-electron chi connectivity index (χ0n) is 17.8. The van der Waals surface area contributed by atoms with Crippen molar-refractivity contribution in [3.63, 3.8) is 0 Å². The van der Waals surface area contributed by atoms with Gasteiger partial charge in [0, 0.05) is 18.6 Å². The predicted octanol–water partition coefficient (Wildman–Crippen LogP) is 2.78. The Kier molecular flexibility index (Phi) is 10.7. The van der Waals surface area contributed by atoms with E-state index in [1.54, 1.807) is 20.8 Å². The molecule has 168 valence electrons. The number of unbranched alkanes of at least 4 members (excludes halogenated alkanes) is 1. The summed E-state index contributed by atoms with van der Waals surface area (Å²) in [5, 5.41) is 14.3. The van der Waals surface area contributed by atoms with Crippen molar-refractivity contribution < 1.29 is 29.0 Å². The zero-order valence-corrected chi connectivity index (χ0v) is 17.8. The Bertz CT molecular complexity index is 675. The third-order valence-electron chi connectivity index (χ3n) is 4.05. The molecule has 0 saturated heterocycles. The maximum atomic E-state index is 12.0. The van der Waals surface area contributed by atoms with Crippen LogP contribution in [-0.4, -0.2) is 47.5 Å². The van der Waals surface area contributed by atoms with Crippen LogP contribution in [0.1, 0.15) is 52.0 Å². The van der Waals surface area contributed by atoms with E-state index < -0.39 is 35.8 Å². The number of carboxylic acid groups (broad SMARTS) is 1. The van der Waals surface area contributed by atoms with E-state index in [0.29, 0.717) is 25.8 Å². The van der Waals surface area contributed by atoms with Crippen LogP contribution in [0.5, 0.6) is 0 Å². The molecule has 0 aliphatic rings. The molecule has 30 heavy (non-hydrogen) atoms. The number of nitrogens with two attached hydrogens (primary N) is 1. The highest BCUT2D eigenvalue weighted by Crippen LogP contribution is 2.11. The number of aliphatic carboxylic acids is 1. The lowest BCUT2D eigenvalue weighted by atomic mass is 10.00. The molecule has 0 aliphatic heterocycles. The minimum Gasteiger partial charge on any atom is -0.481 e. The van der Waals surface area contributed by atoms with Gasteiger partial charge in [-0.2, -0.15) is 0 Å². The quantitative estimate of drug-likeness (QED) is 0.401. The van der Waals surface area contributed by atoms with Gasteiger partial charge >= 0.3 is 18.2 Å². The van der Waals surface area contributed by atoms with Gasteiger partial charge in [-0.05, 0) is 45.6 Å². The van der Waals surface area contributed by atoms with Gasteiger partial charge in [0.05, 0.1) is 6.42 Å². The molecule has 0 spiro atoms. The molecule has 0 unspecified atom stereocenters. The van der Waals surface area contributed by atoms with Gasteiger partial charge in [0.2, 0.25) is 0 Å². The Labute approximate surface area is 177 Å². The van der Waals surface area contributed by atoms with Gasteiger partial charge in [0.25, 0.3) is 0 Å². The van der Waals surface area contributed by atoms with Crippen molar-refractivity contribution in [3.8, 4) is 0 Å². The maximum absolute atomic E-state index is 12.0. The second kappa shape index (κ2) is 12.7. The summed E-state index contributed by atoms with van der Waals surface area (Å²) in [4.78, 5) is 34.7. The fourth-order valence-electron chi connectivity index (χ4n) is 2.65. The van der Waals surface area contributed by atoms with Gasteiger partial charge in [0.1, 0.15) is 12.2 Å². The molecule has 0 aromatic heterocycles. The molecule has 1 rings (SSSR count). The van der Waals surface area contributed by atoms with Crippen LogP contribution in [-0.2, 0) is 20.9 Å². The van der Waals surface area contributed by atoms with E-state index in [0.717, 1.165) is 5.56 Å². The molecule has 0 aliphatic carbocycles. The lowest BCUT2D eigenvalue weighted by Crippen LogP contribution is -2.49. The highest BCUT2D eigenvalue weighted by atomic mass is 16.6. The second-order valence-corrected chi connectivity index (χ2v) is 8.00. The van der Waals surface area contributed by atoms with E-state index >= 15 is 0 Å². The summed E-state index contributed by atoms with van der Waals surface area (Å²) in [5.41, 5.74) is 6.18. The molecule has 0 radical (unpaired) electrons. The van der Waals surface area contributed by atoms with Gasteiger partial charge in [-0.15, -0.1) is 0 Å². The highest BCUT2D eigenvalue weighted by Gasteiger charge is 2.25. The van der Waals surface area contributed by atoms with E-state index in [-0.39, 0.29) is 13.0 Å². The molecule has 2 amide bonds. The summed E-state index contributed by atoms with van der Waals surface area (Å²) in [6, 6.07) is 8.05. The van der Waals surface area contributed by atoms with Crippen molar-refractivity contribution in [1.82, 2.24) is 10.6 Å². The van der Waals surface area contributed by atoms with Crippen LogP contribution in [0, 0.1) is 0 Å². The number of alkyl carbamates (subject to hydrolysis) is 2. The highest BCUT2D eigenvalue weighted by molar-refractivity contribution is 5.70. The minimum absolute atomic E-state index is 0.193. The van der Waals surface area contributed by atoms with E-state index in [1.165, 1.54) is 0 Å². The first-order chi connectivity index (χ1) is 14.1. The van der Waals surface area contributed by atoms with E-state index in [4.69, 9.17) is 20.3 Å². The standard InChI is InChI=1S/C21H33N3O6/c1-21(2,3)30-20(28)24-17(16(22)13-18(25)26)11-7-8-12-23-19(27)29-14-15-9-5-4-6-10-15/h4-6,9-10,16-17H,7-8,11-14,22H2,1-3H3,(H,23,27)(H,24,28)(H,25,26)/t16-,17-/m0/s1. The Morgan fingerprint density at radius 3 is 2.37 bits per heavy atom. The summed E-state index contributed by atoms with van der Waals surface area (Å²) < 4.78 is 10.3. The topological polar surface area (TPSA) is 140 Å². The van der Waals surface area contributed by atoms with Crippen molar-refractivity contribution in [2.24, 2.45) is 5.73 Å². The normalized spacial score (nSPS) is 13.1. The van der Waals surface area contributed by atoms with E-state index in [2.05, 4.69) is 10.6 Å². The van der Waals surface area contributed by atoms with Crippen molar-refractivity contribution in [3.05, 3.63) is 35.9 Å². The van der Waals surface area contributed by atoms with Gasteiger partial charge in [-0.3, -0.25) is 4.79 Å². The van der Waals surface area contributed by atoms with Crippen LogP contribution >= 0.6 is 0 Å². The number of amides is 2. The monoisotopic (exact) mass is 423 g/mol. The summed E-state index contributed by atoms with van der Waals surface area (Å²) in [7, 11) is 0. The Morgan fingerprint density at radius 2 is 1.77 bits per heavy atom. The molecule has 2 atom stereocenters. The van der Waals surface area contributed by atoms with Gasteiger partial charge in [0.15, 0.2) is 0 Å². The third kappa shape index (κ3) is 11.9. The van der Waals surface area contributed by atoms with Crippen LogP contribution in [0.25, 0.3) is 0 Å². The number of carboxylic acids is 1. The summed E-state index contributed by atoms with van der Waals surface area (Å²) in [6.45, 7) is 5.80. The first-order valence-electron chi connectivity index (χ1n) is 9.98. The first kappa shape index (κ1) is 25.2. The smallest absolute Gasteiger partial charge is 0.407 e. The Balaban J connectivity index is 2.36. The average Bonchev–Trinajstić information content (AvgIpc) is 2.64. The number of hydrogen-bond acceptors (Lipinski definition) is 6. The molecular formula is C21H33N3O6. The van der Waals surface area contributed by atoms with Crippen LogP contribution in [0.2, 0.25) is 0 Å². The molecular weight excluding hydrogens is 390 g/mol. The van der Waals surface area contributed by atoms with Crippen molar-refractivity contribution >= 4 is 18.2 Å². The average molecular weight is 424 g/mol. The number of nitrogens with one attached hydrogen (secondary N) is 2. The molecule has 1 aromatic rings. The molecule has 9 nitrogen and oxygen atoms in total. The number of benzene rings is 1. The summed E-state index contributed by atoms with van der Waals surface area (Å²) in [6.07, 6.45) is 0.263. The van der Waals surface area contributed by atoms with Crippen molar-refractivity contribution in [1.29, 1.82) is 0 Å². The number of rotatable bonds is 11. The van der Waals surface area contributed by atoms with Crippen molar-refractivity contribution in [2.75, 3.05) is 6.54 Å². The molecule has 9 heteroatoms. The molecule has 5 N–H and O–H groups in total. The Morgan fingerprint density at radius 1 is 1.10 bits per heavy atom. The van der Waals surface area contributed by atoms with Crippen LogP contribution in [0.3, 0.4) is 0 Å². The fraction of sp³-hybridized carbons (Fsp3) is 0.571. The lowest BCUT2D eigenvalue weighted by molar-refractivity contribution is -0.137. The SMILES string of the molecule is CC(C)(C)OC(=O)N[C@@H](CCCCNC(=O)OCc1ccccc1)[C@@H](N)CC(=O)O. The maximum Gasteiger partial charge on any atom is 0.407 e. The van der Waals surface area contributed by atoms with Gasteiger partial charge < -0.3 is 30.9 Å². The zero-order chi connectivity index (χ0) is 22.6. The first-order valence-corrected chi connectivity index (χ1v) is 9.98.